The molecule has 0 unspecified atom stereocenters. The van der Waals surface area contributed by atoms with Crippen LogP contribution in [0.5, 0.6) is 0 Å². The molecule has 26 heavy (non-hydrogen) atoms. The number of carbonyl (C=O) groups is 1. The molecule has 0 radical (unpaired) electrons. The van der Waals surface area contributed by atoms with Crippen molar-refractivity contribution in [3.05, 3.63) is 89.7 Å². The molecular formula is C19H14F3N3O. The molecule has 0 aliphatic carbocycles. The maximum atomic E-state index is 12.5. The topological polar surface area (TPSA) is 46.4 Å². The van der Waals surface area contributed by atoms with Gasteiger partial charge in [-0.05, 0) is 42.0 Å². The molecule has 3 rings (SSSR count). The average molecular weight is 357 g/mol. The first-order valence-corrected chi connectivity index (χ1v) is 7.68. The summed E-state index contributed by atoms with van der Waals surface area (Å²) < 4.78 is 39.4. The lowest BCUT2D eigenvalue weighted by Gasteiger charge is -2.09. The molecule has 4 nitrogen and oxygen atoms in total. The Morgan fingerprint density at radius 3 is 2.27 bits per heavy atom. The minimum Gasteiger partial charge on any atom is -0.323 e. The van der Waals surface area contributed by atoms with Crippen LogP contribution in [0, 0.1) is 0 Å². The van der Waals surface area contributed by atoms with Gasteiger partial charge in [0.2, 0.25) is 0 Å². The minimum atomic E-state index is -4.38. The summed E-state index contributed by atoms with van der Waals surface area (Å²) in [5, 5.41) is 3.82. The third-order valence-electron chi connectivity index (χ3n) is 3.65. The van der Waals surface area contributed by atoms with Gasteiger partial charge < -0.3 is 4.57 Å². The molecule has 0 aliphatic rings. The second-order valence-corrected chi connectivity index (χ2v) is 5.43. The van der Waals surface area contributed by atoms with Gasteiger partial charge in [0.15, 0.2) is 0 Å². The third kappa shape index (κ3) is 4.00. The van der Waals surface area contributed by atoms with Crippen molar-refractivity contribution in [2.24, 2.45) is 5.10 Å². The summed E-state index contributed by atoms with van der Waals surface area (Å²) >= 11 is 0. The summed E-state index contributed by atoms with van der Waals surface area (Å²) in [6.45, 7) is 0. The summed E-state index contributed by atoms with van der Waals surface area (Å²) in [6, 6.07) is 15.2. The second-order valence-electron chi connectivity index (χ2n) is 5.43. The number of para-hydroxylation sites is 1. The lowest BCUT2D eigenvalue weighted by atomic mass is 10.1. The van der Waals surface area contributed by atoms with Gasteiger partial charge in [-0.2, -0.15) is 18.3 Å². The maximum absolute atomic E-state index is 12.5. The summed E-state index contributed by atoms with van der Waals surface area (Å²) in [5.74, 6) is -0.419. The molecule has 1 N–H and O–H groups in total. The number of rotatable bonds is 4. The van der Waals surface area contributed by atoms with Crippen LogP contribution in [0.25, 0.3) is 5.69 Å². The Morgan fingerprint density at radius 1 is 0.962 bits per heavy atom. The van der Waals surface area contributed by atoms with E-state index in [0.29, 0.717) is 16.8 Å². The van der Waals surface area contributed by atoms with Crippen LogP contribution in [-0.4, -0.2) is 16.7 Å². The average Bonchev–Trinajstić information content (AvgIpc) is 3.16. The Bertz CT molecular complexity index is 914. The number of amides is 1. The molecule has 0 fully saturated rings. The van der Waals surface area contributed by atoms with E-state index in [4.69, 9.17) is 0 Å². The molecule has 132 valence electrons. The molecule has 2 aromatic carbocycles. The van der Waals surface area contributed by atoms with E-state index in [9.17, 15) is 18.0 Å². The van der Waals surface area contributed by atoms with E-state index >= 15 is 0 Å². The highest BCUT2D eigenvalue weighted by atomic mass is 19.4. The second kappa shape index (κ2) is 7.26. The molecule has 0 atom stereocenters. The van der Waals surface area contributed by atoms with E-state index in [1.165, 1.54) is 18.3 Å². The fraction of sp³-hybridized carbons (Fsp3) is 0.0526. The number of nitrogens with zero attached hydrogens (tertiary/aromatic N) is 2. The molecule has 1 heterocycles. The van der Waals surface area contributed by atoms with Crippen molar-refractivity contribution >= 4 is 12.1 Å². The van der Waals surface area contributed by atoms with Crippen molar-refractivity contribution in [3.63, 3.8) is 0 Å². The van der Waals surface area contributed by atoms with Crippen LogP contribution in [0.1, 0.15) is 21.5 Å². The van der Waals surface area contributed by atoms with Gasteiger partial charge in [-0.1, -0.05) is 24.3 Å². The zero-order valence-corrected chi connectivity index (χ0v) is 13.4. The van der Waals surface area contributed by atoms with Gasteiger partial charge in [0.05, 0.1) is 23.0 Å². The number of hydrogen-bond donors (Lipinski definition) is 1. The van der Waals surface area contributed by atoms with Crippen LogP contribution in [-0.2, 0) is 6.18 Å². The van der Waals surface area contributed by atoms with Crippen LogP contribution >= 0.6 is 0 Å². The standard InChI is InChI=1S/C19H14F3N3O/c20-19(21,22)15-9-7-14(8-10-15)13-23-24-18(26)16-5-1-2-6-17(16)25-11-3-4-12-25/h1-13H,(H,24,26)/b23-13+. The van der Waals surface area contributed by atoms with Crippen LogP contribution in [0.2, 0.25) is 0 Å². The Kier molecular flexibility index (Phi) is 4.88. The molecule has 0 spiro atoms. The molecule has 0 bridgehead atoms. The first-order valence-electron chi connectivity index (χ1n) is 7.68. The molecule has 0 saturated heterocycles. The Balaban J connectivity index is 1.71. The van der Waals surface area contributed by atoms with Crippen molar-refractivity contribution in [1.29, 1.82) is 0 Å². The van der Waals surface area contributed by atoms with Gasteiger partial charge >= 0.3 is 6.18 Å². The maximum Gasteiger partial charge on any atom is 0.416 e. The van der Waals surface area contributed by atoms with E-state index in [-0.39, 0.29) is 0 Å². The highest BCUT2D eigenvalue weighted by molar-refractivity contribution is 5.98. The third-order valence-corrected chi connectivity index (χ3v) is 3.65. The highest BCUT2D eigenvalue weighted by Crippen LogP contribution is 2.28. The Morgan fingerprint density at radius 2 is 1.62 bits per heavy atom. The summed E-state index contributed by atoms with van der Waals surface area (Å²) in [6.07, 6.45) is 0.539. The highest BCUT2D eigenvalue weighted by Gasteiger charge is 2.29. The van der Waals surface area contributed by atoms with E-state index in [1.54, 1.807) is 22.8 Å². The number of hydrogen-bond acceptors (Lipinski definition) is 2. The quantitative estimate of drug-likeness (QED) is 0.550. The number of nitrogens with one attached hydrogen (secondary N) is 1. The van der Waals surface area contributed by atoms with Crippen molar-refractivity contribution in [2.75, 3.05) is 0 Å². The van der Waals surface area contributed by atoms with E-state index in [2.05, 4.69) is 10.5 Å². The van der Waals surface area contributed by atoms with Crippen molar-refractivity contribution < 1.29 is 18.0 Å². The fourth-order valence-electron chi connectivity index (χ4n) is 2.37. The van der Waals surface area contributed by atoms with Crippen LogP contribution in [0.15, 0.2) is 78.2 Å². The van der Waals surface area contributed by atoms with Crippen LogP contribution in [0.4, 0.5) is 13.2 Å². The van der Waals surface area contributed by atoms with Gasteiger partial charge in [0.25, 0.3) is 5.91 Å². The molecule has 3 aromatic rings. The Hall–Kier alpha value is -3.35. The SMILES string of the molecule is O=C(N/N=C/c1ccc(C(F)(F)F)cc1)c1ccccc1-n1cccc1. The van der Waals surface area contributed by atoms with Gasteiger partial charge in [-0.15, -0.1) is 0 Å². The lowest BCUT2D eigenvalue weighted by Crippen LogP contribution is -2.19. The van der Waals surface area contributed by atoms with E-state index < -0.39 is 17.6 Å². The summed E-state index contributed by atoms with van der Waals surface area (Å²) in [5.41, 5.74) is 3.21. The van der Waals surface area contributed by atoms with Gasteiger partial charge in [-0.25, -0.2) is 5.43 Å². The molecule has 1 amide bonds. The predicted octanol–water partition coefficient (Wildman–Crippen LogP) is 4.26. The number of benzene rings is 2. The first kappa shape index (κ1) is 17.5. The van der Waals surface area contributed by atoms with Crippen molar-refractivity contribution in [3.8, 4) is 5.69 Å². The molecule has 7 heteroatoms. The molecular weight excluding hydrogens is 343 g/mol. The lowest BCUT2D eigenvalue weighted by molar-refractivity contribution is -0.137. The molecule has 0 aliphatic heterocycles. The van der Waals surface area contributed by atoms with E-state index in [0.717, 1.165) is 12.1 Å². The normalized spacial score (nSPS) is 11.7. The van der Waals surface area contributed by atoms with Gasteiger partial charge in [0.1, 0.15) is 0 Å². The number of halogens is 3. The summed E-state index contributed by atoms with van der Waals surface area (Å²) in [7, 11) is 0. The molecule has 0 saturated carbocycles. The first-order chi connectivity index (χ1) is 12.4. The van der Waals surface area contributed by atoms with E-state index in [1.807, 2.05) is 30.6 Å². The Labute approximate surface area is 147 Å². The number of hydrazone groups is 1. The smallest absolute Gasteiger partial charge is 0.323 e. The monoisotopic (exact) mass is 357 g/mol. The van der Waals surface area contributed by atoms with Gasteiger partial charge in [-0.3, -0.25) is 4.79 Å². The summed E-state index contributed by atoms with van der Waals surface area (Å²) in [4.78, 5) is 12.3. The fourth-order valence-corrected chi connectivity index (χ4v) is 2.37. The largest absolute Gasteiger partial charge is 0.416 e. The number of alkyl halides is 3. The zero-order chi connectivity index (χ0) is 18.6. The molecule has 1 aromatic heterocycles. The number of carbonyl (C=O) groups excluding carboxylic acids is 1. The zero-order valence-electron chi connectivity index (χ0n) is 13.4. The van der Waals surface area contributed by atoms with Gasteiger partial charge in [0, 0.05) is 12.4 Å². The van der Waals surface area contributed by atoms with Crippen LogP contribution < -0.4 is 5.43 Å². The predicted molar refractivity (Wildman–Crippen MR) is 92.3 cm³/mol. The van der Waals surface area contributed by atoms with Crippen molar-refractivity contribution in [1.82, 2.24) is 9.99 Å². The minimum absolute atomic E-state index is 0.419. The van der Waals surface area contributed by atoms with Crippen molar-refractivity contribution in [2.45, 2.75) is 6.18 Å². The number of aromatic nitrogens is 1. The van der Waals surface area contributed by atoms with Crippen LogP contribution in [0.3, 0.4) is 0 Å².